The molecule has 0 amide bonds. The molecule has 0 saturated heterocycles. The van der Waals surface area contributed by atoms with Crippen molar-refractivity contribution in [2.45, 2.75) is 24.3 Å². The van der Waals surface area contributed by atoms with E-state index >= 15 is 0 Å². The second-order valence-electron chi connectivity index (χ2n) is 4.21. The molecule has 0 atom stereocenters. The molecule has 3 N–H and O–H groups in total. The Morgan fingerprint density at radius 2 is 2.31 bits per heavy atom. The lowest BCUT2D eigenvalue weighted by atomic mass is 10.0. The fourth-order valence-electron chi connectivity index (χ4n) is 1.65. The molecule has 1 fully saturated rings. The van der Waals surface area contributed by atoms with Gasteiger partial charge in [-0.25, -0.2) is 18.1 Å². The smallest absolute Gasteiger partial charge is 0.257 e. The van der Waals surface area contributed by atoms with E-state index in [9.17, 15) is 8.42 Å². The maximum Gasteiger partial charge on any atom is 0.257 e. The highest BCUT2D eigenvalue weighted by Gasteiger charge is 2.42. The summed E-state index contributed by atoms with van der Waals surface area (Å²) >= 11 is 0. The van der Waals surface area contributed by atoms with E-state index in [1.807, 2.05) is 0 Å². The third-order valence-corrected chi connectivity index (χ3v) is 4.33. The highest BCUT2D eigenvalue weighted by Crippen LogP contribution is 2.48. The van der Waals surface area contributed by atoms with Gasteiger partial charge in [-0.15, -0.1) is 0 Å². The van der Waals surface area contributed by atoms with Gasteiger partial charge in [-0.2, -0.15) is 0 Å². The van der Waals surface area contributed by atoms with E-state index in [2.05, 4.69) is 14.7 Å². The van der Waals surface area contributed by atoms with E-state index < -0.39 is 10.0 Å². The molecule has 0 aliphatic heterocycles. The van der Waals surface area contributed by atoms with Crippen molar-refractivity contribution >= 4 is 10.0 Å². The van der Waals surface area contributed by atoms with Gasteiger partial charge in [0.05, 0.1) is 12.5 Å². The molecule has 0 spiro atoms. The number of nitrogens with zero attached hydrogens (tertiary/aromatic N) is 1. The van der Waals surface area contributed by atoms with Gasteiger partial charge in [0.15, 0.2) is 5.03 Å². The number of nitrogens with one attached hydrogen (secondary N) is 2. The van der Waals surface area contributed by atoms with Crippen molar-refractivity contribution in [1.29, 1.82) is 0 Å². The molecule has 1 aliphatic rings. The zero-order valence-corrected chi connectivity index (χ0v) is 9.63. The minimum Gasteiger partial charge on any atom is -0.396 e. The average Bonchev–Trinajstić information content (AvgIpc) is 2.81. The minimum atomic E-state index is -3.48. The molecule has 90 valence electrons. The number of aliphatic hydroxyl groups is 1. The number of H-pyrrole nitrogens is 1. The molecule has 0 bridgehead atoms. The fourth-order valence-corrected chi connectivity index (χ4v) is 2.70. The predicted octanol–water partition coefficient (Wildman–Crippen LogP) is -0.149. The maximum atomic E-state index is 11.7. The van der Waals surface area contributed by atoms with Crippen molar-refractivity contribution in [2.24, 2.45) is 5.41 Å². The molecule has 0 aromatic carbocycles. The Hall–Kier alpha value is -0.920. The lowest BCUT2D eigenvalue weighted by molar-refractivity contribution is 0.249. The number of aliphatic hydroxyl groups excluding tert-OH is 1. The SMILES string of the molecule is O=S(=O)(NCC1(CCO)CC1)c1cnc[nH]1. The van der Waals surface area contributed by atoms with Crippen molar-refractivity contribution in [1.82, 2.24) is 14.7 Å². The number of aromatic nitrogens is 2. The molecule has 1 aliphatic carbocycles. The lowest BCUT2D eigenvalue weighted by Gasteiger charge is -2.13. The van der Waals surface area contributed by atoms with Gasteiger partial charge in [-0.05, 0) is 24.7 Å². The van der Waals surface area contributed by atoms with Gasteiger partial charge in [0.1, 0.15) is 0 Å². The summed E-state index contributed by atoms with van der Waals surface area (Å²) in [6, 6.07) is 0. The second-order valence-corrected chi connectivity index (χ2v) is 5.95. The number of imidazole rings is 1. The second kappa shape index (κ2) is 4.15. The van der Waals surface area contributed by atoms with Crippen LogP contribution in [0, 0.1) is 5.41 Å². The Bertz CT molecular complexity index is 437. The van der Waals surface area contributed by atoms with Crippen LogP contribution in [-0.4, -0.2) is 36.6 Å². The number of rotatable bonds is 6. The first-order valence-electron chi connectivity index (χ1n) is 5.17. The molecule has 1 heterocycles. The zero-order chi connectivity index (χ0) is 11.6. The van der Waals surface area contributed by atoms with Crippen molar-refractivity contribution in [2.75, 3.05) is 13.2 Å². The molecule has 16 heavy (non-hydrogen) atoms. The number of hydrogen-bond acceptors (Lipinski definition) is 4. The van der Waals surface area contributed by atoms with Crippen LogP contribution in [0.1, 0.15) is 19.3 Å². The van der Waals surface area contributed by atoms with Gasteiger partial charge >= 0.3 is 0 Å². The Labute approximate surface area is 94.1 Å². The summed E-state index contributed by atoms with van der Waals surface area (Å²) in [5, 5.41) is 8.94. The van der Waals surface area contributed by atoms with Crippen molar-refractivity contribution in [3.05, 3.63) is 12.5 Å². The van der Waals surface area contributed by atoms with Crippen molar-refractivity contribution < 1.29 is 13.5 Å². The molecule has 1 saturated carbocycles. The number of aromatic amines is 1. The Morgan fingerprint density at radius 3 is 2.81 bits per heavy atom. The monoisotopic (exact) mass is 245 g/mol. The van der Waals surface area contributed by atoms with Crippen LogP contribution in [0.3, 0.4) is 0 Å². The quantitative estimate of drug-likeness (QED) is 0.649. The molecule has 6 nitrogen and oxygen atoms in total. The summed E-state index contributed by atoms with van der Waals surface area (Å²) in [4.78, 5) is 6.23. The van der Waals surface area contributed by atoms with Crippen LogP contribution in [0.15, 0.2) is 17.6 Å². The largest absolute Gasteiger partial charge is 0.396 e. The highest BCUT2D eigenvalue weighted by atomic mass is 32.2. The summed E-state index contributed by atoms with van der Waals surface area (Å²) in [6.07, 6.45) is 5.19. The van der Waals surface area contributed by atoms with Gasteiger partial charge in [0.25, 0.3) is 10.0 Å². The van der Waals surface area contributed by atoms with Crippen LogP contribution in [0.5, 0.6) is 0 Å². The molecule has 1 aromatic rings. The van der Waals surface area contributed by atoms with Crippen LogP contribution >= 0.6 is 0 Å². The fraction of sp³-hybridized carbons (Fsp3) is 0.667. The van der Waals surface area contributed by atoms with E-state index in [-0.39, 0.29) is 17.0 Å². The van der Waals surface area contributed by atoms with E-state index in [4.69, 9.17) is 5.11 Å². The van der Waals surface area contributed by atoms with Crippen LogP contribution in [0.25, 0.3) is 0 Å². The summed E-state index contributed by atoms with van der Waals surface area (Å²) in [6.45, 7) is 0.487. The summed E-state index contributed by atoms with van der Waals surface area (Å²) in [7, 11) is -3.48. The van der Waals surface area contributed by atoms with Crippen LogP contribution < -0.4 is 4.72 Å². The van der Waals surface area contributed by atoms with Gasteiger partial charge in [-0.3, -0.25) is 0 Å². The molecular formula is C9H15N3O3S. The Kier molecular flexibility index (Phi) is 3.00. The summed E-state index contributed by atoms with van der Waals surface area (Å²) in [5.74, 6) is 0. The molecule has 1 aromatic heterocycles. The number of sulfonamides is 1. The molecule has 0 radical (unpaired) electrons. The number of hydrogen-bond donors (Lipinski definition) is 3. The van der Waals surface area contributed by atoms with E-state index in [1.54, 1.807) is 0 Å². The Morgan fingerprint density at radius 1 is 1.56 bits per heavy atom. The van der Waals surface area contributed by atoms with Crippen LogP contribution in [0.4, 0.5) is 0 Å². The minimum absolute atomic E-state index is 0.0260. The first-order chi connectivity index (χ1) is 7.58. The van der Waals surface area contributed by atoms with E-state index in [1.165, 1.54) is 12.5 Å². The zero-order valence-electron chi connectivity index (χ0n) is 8.81. The van der Waals surface area contributed by atoms with Crippen LogP contribution in [-0.2, 0) is 10.0 Å². The van der Waals surface area contributed by atoms with Crippen molar-refractivity contribution in [3.63, 3.8) is 0 Å². The average molecular weight is 245 g/mol. The lowest BCUT2D eigenvalue weighted by Crippen LogP contribution is -2.31. The first-order valence-corrected chi connectivity index (χ1v) is 6.65. The predicted molar refractivity (Wildman–Crippen MR) is 57.1 cm³/mol. The Balaban J connectivity index is 1.96. The summed E-state index contributed by atoms with van der Waals surface area (Å²) in [5.41, 5.74) is -0.0260. The third-order valence-electron chi connectivity index (χ3n) is 3.00. The molecule has 0 unspecified atom stereocenters. The van der Waals surface area contributed by atoms with Gasteiger partial charge < -0.3 is 10.1 Å². The third kappa shape index (κ3) is 2.42. The first kappa shape index (κ1) is 11.6. The van der Waals surface area contributed by atoms with Crippen molar-refractivity contribution in [3.8, 4) is 0 Å². The summed E-state index contributed by atoms with van der Waals surface area (Å²) < 4.78 is 26.0. The maximum absolute atomic E-state index is 11.7. The van der Waals surface area contributed by atoms with Gasteiger partial charge in [-0.1, -0.05) is 0 Å². The normalized spacial score (nSPS) is 18.6. The van der Waals surface area contributed by atoms with Gasteiger partial charge in [0.2, 0.25) is 0 Å². The molecule has 7 heteroatoms. The highest BCUT2D eigenvalue weighted by molar-refractivity contribution is 7.89. The van der Waals surface area contributed by atoms with Crippen LogP contribution in [0.2, 0.25) is 0 Å². The van der Waals surface area contributed by atoms with E-state index in [0.717, 1.165) is 12.8 Å². The molecule has 2 rings (SSSR count). The topological polar surface area (TPSA) is 95.1 Å². The van der Waals surface area contributed by atoms with E-state index in [0.29, 0.717) is 13.0 Å². The standard InChI is InChI=1S/C9H15N3O3S/c13-4-3-9(1-2-9)6-12-16(14,15)8-5-10-7-11-8/h5,7,12-13H,1-4,6H2,(H,10,11). The van der Waals surface area contributed by atoms with Gasteiger partial charge in [0, 0.05) is 13.2 Å². The molecular weight excluding hydrogens is 230 g/mol.